The third-order valence-electron chi connectivity index (χ3n) is 7.22. The van der Waals surface area contributed by atoms with Crippen LogP contribution in [0.3, 0.4) is 0 Å². The van der Waals surface area contributed by atoms with Crippen molar-refractivity contribution in [1.29, 1.82) is 0 Å². The molecule has 0 N–H and O–H groups in total. The SMILES string of the molecule is [2H]c1c([2H])c([2H])c(-c2nc(-c3ccccc3)nc(-c3c([2H])c(C)c([2H])c([2H])c3-c3ccc4cc(-c5c([2H])c([2H])c6c([2H])c([2H])c([2H])c([2H])c6c5[2H])ccc4c3)n2)c([2H])c1[2H]. The molecule has 0 radical (unpaired) electrons. The Morgan fingerprint density at radius 1 is 0.422 bits per heavy atom. The van der Waals surface area contributed by atoms with Crippen LogP contribution in [0.4, 0.5) is 0 Å². The molecule has 3 nitrogen and oxygen atoms in total. The normalized spacial score (nSPS) is 15.9. The number of rotatable bonds is 5. The van der Waals surface area contributed by atoms with Crippen LogP contribution in [-0.4, -0.2) is 15.0 Å². The number of nitrogens with zero attached hydrogens (tertiary/aromatic N) is 3. The van der Waals surface area contributed by atoms with Gasteiger partial charge in [0.2, 0.25) is 0 Å². The second-order valence-electron chi connectivity index (χ2n) is 10.2. The molecule has 212 valence electrons. The molecule has 0 spiro atoms. The van der Waals surface area contributed by atoms with Crippen LogP contribution in [-0.2, 0) is 0 Å². The molecule has 0 fully saturated rings. The van der Waals surface area contributed by atoms with Gasteiger partial charge < -0.3 is 0 Å². The van der Waals surface area contributed by atoms with E-state index in [9.17, 15) is 2.74 Å². The summed E-state index contributed by atoms with van der Waals surface area (Å²) in [5.74, 6) is -0.321. The Kier molecular flexibility index (Phi) is 3.81. The molecule has 0 aliphatic heterocycles. The van der Waals surface area contributed by atoms with E-state index in [0.717, 1.165) is 0 Å². The number of hydrogen-bond donors (Lipinski definition) is 0. The summed E-state index contributed by atoms with van der Waals surface area (Å²) in [4.78, 5) is 13.9. The van der Waals surface area contributed by atoms with Crippen LogP contribution < -0.4 is 0 Å². The third-order valence-corrected chi connectivity index (χ3v) is 7.22. The molecule has 1 heterocycles. The molecule has 1 aromatic heterocycles. The molecule has 3 heteroatoms. The maximum absolute atomic E-state index is 9.29. The predicted molar refractivity (Wildman–Crippen MR) is 187 cm³/mol. The first-order valence-corrected chi connectivity index (χ1v) is 14.0. The predicted octanol–water partition coefficient (Wildman–Crippen LogP) is 10.8. The van der Waals surface area contributed by atoms with Gasteiger partial charge in [-0.3, -0.25) is 0 Å². The first-order chi connectivity index (χ1) is 28.4. The summed E-state index contributed by atoms with van der Waals surface area (Å²) in [6, 6.07) is 12.0. The lowest BCUT2D eigenvalue weighted by Crippen LogP contribution is -2.01. The molecular formula is C42H29N3. The minimum atomic E-state index is -0.597. The second-order valence-corrected chi connectivity index (χ2v) is 10.2. The van der Waals surface area contributed by atoms with E-state index in [1.165, 1.54) is 6.92 Å². The maximum atomic E-state index is 9.29. The number of benzene rings is 7. The number of aromatic nitrogens is 3. The van der Waals surface area contributed by atoms with Crippen molar-refractivity contribution in [1.82, 2.24) is 15.0 Å². The van der Waals surface area contributed by atoms with Crippen molar-refractivity contribution < 1.29 is 20.6 Å². The van der Waals surface area contributed by atoms with Gasteiger partial charge in [0, 0.05) is 16.7 Å². The van der Waals surface area contributed by atoms with E-state index in [-0.39, 0.29) is 86.3 Å². The van der Waals surface area contributed by atoms with Crippen LogP contribution >= 0.6 is 0 Å². The fourth-order valence-electron chi connectivity index (χ4n) is 5.04. The van der Waals surface area contributed by atoms with E-state index < -0.39 is 60.4 Å². The van der Waals surface area contributed by atoms with Gasteiger partial charge in [0.15, 0.2) is 17.5 Å². The van der Waals surface area contributed by atoms with Crippen molar-refractivity contribution >= 4 is 21.5 Å². The van der Waals surface area contributed by atoms with Crippen molar-refractivity contribution in [2.75, 3.05) is 0 Å². The quantitative estimate of drug-likeness (QED) is 0.200. The maximum Gasteiger partial charge on any atom is 0.164 e. The monoisotopic (exact) mass is 590 g/mol. The van der Waals surface area contributed by atoms with Crippen LogP contribution in [0.15, 0.2) is 157 Å². The summed E-state index contributed by atoms with van der Waals surface area (Å²) in [6.45, 7) is 1.52. The zero-order chi connectivity index (χ0) is 43.2. The molecule has 0 atom stereocenters. The second kappa shape index (κ2) is 11.3. The van der Waals surface area contributed by atoms with Gasteiger partial charge in [0.05, 0.1) is 20.6 Å². The average molecular weight is 591 g/mol. The minimum Gasteiger partial charge on any atom is -0.208 e. The fraction of sp³-hybridized carbons (Fsp3) is 0.0238. The van der Waals surface area contributed by atoms with Crippen LogP contribution in [0.1, 0.15) is 26.1 Å². The van der Waals surface area contributed by atoms with E-state index in [1.807, 2.05) is 0 Å². The summed E-state index contributed by atoms with van der Waals surface area (Å²) in [6.07, 6.45) is 0. The molecule has 0 unspecified atom stereocenters. The first kappa shape index (κ1) is 15.2. The number of hydrogen-bond acceptors (Lipinski definition) is 3. The molecule has 7 aromatic carbocycles. The van der Waals surface area contributed by atoms with Gasteiger partial charge in [-0.1, -0.05) is 139 Å². The number of fused-ring (bicyclic) bond motifs is 2. The van der Waals surface area contributed by atoms with Crippen molar-refractivity contribution in [3.63, 3.8) is 0 Å². The van der Waals surface area contributed by atoms with E-state index in [1.54, 1.807) is 66.7 Å². The Bertz CT molecular complexity index is 3140. The topological polar surface area (TPSA) is 38.7 Å². The zero-order valence-electron chi connectivity index (χ0n) is 38.7. The van der Waals surface area contributed by atoms with Gasteiger partial charge >= 0.3 is 0 Å². The Labute approximate surface area is 283 Å². The smallest absolute Gasteiger partial charge is 0.164 e. The summed E-state index contributed by atoms with van der Waals surface area (Å²) in [5, 5.41) is 0.835. The highest BCUT2D eigenvalue weighted by atomic mass is 15.0. The van der Waals surface area contributed by atoms with Crippen molar-refractivity contribution in [3.8, 4) is 56.4 Å². The third kappa shape index (κ3) is 5.26. The molecule has 45 heavy (non-hydrogen) atoms. The Hall–Kier alpha value is -5.93. The largest absolute Gasteiger partial charge is 0.208 e. The molecule has 0 saturated carbocycles. The van der Waals surface area contributed by atoms with Crippen LogP contribution in [0.5, 0.6) is 0 Å². The summed E-state index contributed by atoms with van der Waals surface area (Å²) in [7, 11) is 0. The van der Waals surface area contributed by atoms with E-state index in [0.29, 0.717) is 27.5 Å². The van der Waals surface area contributed by atoms with Gasteiger partial charge in [0.1, 0.15) is 0 Å². The molecule has 0 saturated heterocycles. The standard InChI is InChI=1S/C42H29N3/c1-28-16-23-38(37-22-21-35-26-34(19-20-36(35)27-37)33-18-17-29-10-8-9-15-32(29)25-33)39(24-28)42-44-40(30-11-4-2-5-12-30)43-41(45-42)31-13-6-3-7-14-31/h2-27H,1H3/i2D,4D,5D,8D,9D,10D,11D,12D,15D,16D,17D,18D,23D,24D,25D. The van der Waals surface area contributed by atoms with Gasteiger partial charge in [-0.25, -0.2) is 15.0 Å². The van der Waals surface area contributed by atoms with Gasteiger partial charge in [0.25, 0.3) is 0 Å². The van der Waals surface area contributed by atoms with Gasteiger partial charge in [-0.05, 0) is 74.9 Å². The first-order valence-electron chi connectivity index (χ1n) is 21.5. The van der Waals surface area contributed by atoms with Crippen LogP contribution in [0.25, 0.3) is 78.0 Å². The molecule has 8 aromatic rings. The highest BCUT2D eigenvalue weighted by Crippen LogP contribution is 2.36. The molecule has 0 amide bonds. The summed E-state index contributed by atoms with van der Waals surface area (Å²) < 4.78 is 129. The molecule has 0 aliphatic rings. The molecule has 0 aliphatic carbocycles. The molecule has 8 rings (SSSR count). The minimum absolute atomic E-state index is 0.00874. The Morgan fingerprint density at radius 3 is 1.89 bits per heavy atom. The van der Waals surface area contributed by atoms with Gasteiger partial charge in [-0.2, -0.15) is 0 Å². The lowest BCUT2D eigenvalue weighted by Gasteiger charge is -2.14. The van der Waals surface area contributed by atoms with Crippen LogP contribution in [0.2, 0.25) is 0 Å². The van der Waals surface area contributed by atoms with Gasteiger partial charge in [-0.15, -0.1) is 0 Å². The molecule has 0 bridgehead atoms. The van der Waals surface area contributed by atoms with Crippen molar-refractivity contribution in [2.45, 2.75) is 6.92 Å². The van der Waals surface area contributed by atoms with Crippen LogP contribution in [0, 0.1) is 6.92 Å². The molecular weight excluding hydrogens is 546 g/mol. The average Bonchev–Trinajstić information content (AvgIpc) is 3.25. The summed E-state index contributed by atoms with van der Waals surface area (Å²) in [5.41, 5.74) is 1.28. The lowest BCUT2D eigenvalue weighted by atomic mass is 9.93. The van der Waals surface area contributed by atoms with E-state index in [2.05, 4.69) is 9.97 Å². The Morgan fingerprint density at radius 2 is 1.09 bits per heavy atom. The zero-order valence-corrected chi connectivity index (χ0v) is 23.7. The van der Waals surface area contributed by atoms with E-state index >= 15 is 0 Å². The highest BCUT2D eigenvalue weighted by Gasteiger charge is 2.16. The van der Waals surface area contributed by atoms with E-state index in [4.69, 9.17) is 22.8 Å². The lowest BCUT2D eigenvalue weighted by molar-refractivity contribution is 1.07. The summed E-state index contributed by atoms with van der Waals surface area (Å²) >= 11 is 0. The fourth-order valence-corrected chi connectivity index (χ4v) is 5.04. The Balaban J connectivity index is 1.35. The highest BCUT2D eigenvalue weighted by molar-refractivity contribution is 5.94. The van der Waals surface area contributed by atoms with Crippen molar-refractivity contribution in [3.05, 3.63) is 163 Å². The van der Waals surface area contributed by atoms with Crippen molar-refractivity contribution in [2.24, 2.45) is 0 Å².